The van der Waals surface area contributed by atoms with E-state index in [-0.39, 0.29) is 6.10 Å². The zero-order chi connectivity index (χ0) is 9.56. The van der Waals surface area contributed by atoms with Gasteiger partial charge in [-0.1, -0.05) is 5.57 Å². The van der Waals surface area contributed by atoms with Gasteiger partial charge in [-0.05, 0) is 39.5 Å². The fraction of sp³-hybridized carbons (Fsp3) is 0.800. The molecule has 0 saturated heterocycles. The Balaban J connectivity index is 3.31. The third kappa shape index (κ3) is 7.76. The molecular formula is C10H20O2. The van der Waals surface area contributed by atoms with Gasteiger partial charge in [-0.2, -0.15) is 0 Å². The van der Waals surface area contributed by atoms with Crippen molar-refractivity contribution < 1.29 is 10.2 Å². The molecule has 0 aliphatic carbocycles. The van der Waals surface area contributed by atoms with Crippen molar-refractivity contribution in [2.45, 2.75) is 51.7 Å². The van der Waals surface area contributed by atoms with Gasteiger partial charge in [0.05, 0.1) is 12.2 Å². The molecule has 2 heteroatoms. The van der Waals surface area contributed by atoms with Gasteiger partial charge in [0.15, 0.2) is 0 Å². The molecule has 0 aromatic carbocycles. The summed E-state index contributed by atoms with van der Waals surface area (Å²) in [6.45, 7) is 7.47. The van der Waals surface area contributed by atoms with Crippen LogP contribution in [0.2, 0.25) is 0 Å². The van der Waals surface area contributed by atoms with Gasteiger partial charge < -0.3 is 10.2 Å². The van der Waals surface area contributed by atoms with E-state index in [1.54, 1.807) is 6.92 Å². The van der Waals surface area contributed by atoms with Crippen LogP contribution in [0.25, 0.3) is 0 Å². The van der Waals surface area contributed by atoms with E-state index in [4.69, 9.17) is 5.11 Å². The molecule has 2 atom stereocenters. The predicted octanol–water partition coefficient (Wildman–Crippen LogP) is 1.86. The maximum absolute atomic E-state index is 9.34. The largest absolute Gasteiger partial charge is 0.393 e. The van der Waals surface area contributed by atoms with Gasteiger partial charge in [-0.15, -0.1) is 6.58 Å². The Bertz CT molecular complexity index is 130. The molecule has 0 spiro atoms. The Hall–Kier alpha value is -0.340. The molecule has 0 rings (SSSR count). The van der Waals surface area contributed by atoms with Crippen LogP contribution in [0, 0.1) is 0 Å². The van der Waals surface area contributed by atoms with Gasteiger partial charge in [0, 0.05) is 0 Å². The van der Waals surface area contributed by atoms with E-state index in [0.29, 0.717) is 6.42 Å². The highest BCUT2D eigenvalue weighted by Gasteiger charge is 2.06. The van der Waals surface area contributed by atoms with Crippen molar-refractivity contribution in [3.05, 3.63) is 12.2 Å². The maximum Gasteiger partial charge on any atom is 0.0564 e. The second kappa shape index (κ2) is 6.21. The average Bonchev–Trinajstić information content (AvgIpc) is 1.84. The Morgan fingerprint density at radius 2 is 2.00 bits per heavy atom. The maximum atomic E-state index is 9.34. The third-order valence-electron chi connectivity index (χ3n) is 1.75. The zero-order valence-corrected chi connectivity index (χ0v) is 8.08. The second-order valence-corrected chi connectivity index (χ2v) is 3.59. The van der Waals surface area contributed by atoms with E-state index in [0.717, 1.165) is 24.8 Å². The lowest BCUT2D eigenvalue weighted by molar-refractivity contribution is 0.0840. The molecule has 12 heavy (non-hydrogen) atoms. The molecule has 2 N–H and O–H groups in total. The van der Waals surface area contributed by atoms with Crippen molar-refractivity contribution in [2.75, 3.05) is 0 Å². The fourth-order valence-corrected chi connectivity index (χ4v) is 1.15. The lowest BCUT2D eigenvalue weighted by Gasteiger charge is -2.11. The number of hydrogen-bond acceptors (Lipinski definition) is 2. The minimum atomic E-state index is -0.398. The highest BCUT2D eigenvalue weighted by molar-refractivity contribution is 4.87. The molecule has 0 aliphatic rings. The number of rotatable bonds is 6. The summed E-state index contributed by atoms with van der Waals surface area (Å²) in [6.07, 6.45) is 2.42. The van der Waals surface area contributed by atoms with Gasteiger partial charge >= 0.3 is 0 Å². The van der Waals surface area contributed by atoms with Crippen LogP contribution in [0.3, 0.4) is 0 Å². The molecule has 0 bridgehead atoms. The normalized spacial score (nSPS) is 15.7. The van der Waals surface area contributed by atoms with E-state index >= 15 is 0 Å². The minimum Gasteiger partial charge on any atom is -0.393 e. The molecule has 0 aromatic rings. The van der Waals surface area contributed by atoms with E-state index in [1.807, 2.05) is 6.92 Å². The zero-order valence-electron chi connectivity index (χ0n) is 8.08. The van der Waals surface area contributed by atoms with Crippen LogP contribution < -0.4 is 0 Å². The quantitative estimate of drug-likeness (QED) is 0.600. The van der Waals surface area contributed by atoms with Gasteiger partial charge in [0.25, 0.3) is 0 Å². The Morgan fingerprint density at radius 1 is 1.42 bits per heavy atom. The molecule has 0 aliphatic heterocycles. The molecule has 0 aromatic heterocycles. The van der Waals surface area contributed by atoms with Crippen LogP contribution in [0.15, 0.2) is 12.2 Å². The highest BCUT2D eigenvalue weighted by atomic mass is 16.3. The summed E-state index contributed by atoms with van der Waals surface area (Å²) < 4.78 is 0. The predicted molar refractivity (Wildman–Crippen MR) is 51.0 cm³/mol. The second-order valence-electron chi connectivity index (χ2n) is 3.59. The van der Waals surface area contributed by atoms with Crippen LogP contribution in [-0.2, 0) is 0 Å². The van der Waals surface area contributed by atoms with E-state index in [2.05, 4.69) is 6.58 Å². The Morgan fingerprint density at radius 3 is 2.42 bits per heavy atom. The van der Waals surface area contributed by atoms with E-state index < -0.39 is 6.10 Å². The van der Waals surface area contributed by atoms with Gasteiger partial charge in [-0.25, -0.2) is 0 Å². The molecule has 0 heterocycles. The SMILES string of the molecule is C=C(C)CCCC(O)CC(C)O. The van der Waals surface area contributed by atoms with Crippen LogP contribution in [0.1, 0.15) is 39.5 Å². The monoisotopic (exact) mass is 172 g/mol. The fourth-order valence-electron chi connectivity index (χ4n) is 1.15. The standard InChI is InChI=1S/C10H20O2/c1-8(2)5-4-6-10(12)7-9(3)11/h9-12H,1,4-7H2,2-3H3. The molecule has 0 amide bonds. The van der Waals surface area contributed by atoms with E-state index in [1.165, 1.54) is 0 Å². The van der Waals surface area contributed by atoms with Crippen molar-refractivity contribution in [3.8, 4) is 0 Å². The van der Waals surface area contributed by atoms with Crippen LogP contribution >= 0.6 is 0 Å². The minimum absolute atomic E-state index is 0.357. The van der Waals surface area contributed by atoms with Gasteiger partial charge in [-0.3, -0.25) is 0 Å². The van der Waals surface area contributed by atoms with Crippen molar-refractivity contribution in [3.63, 3.8) is 0 Å². The molecule has 2 nitrogen and oxygen atoms in total. The van der Waals surface area contributed by atoms with Crippen LogP contribution in [0.4, 0.5) is 0 Å². The summed E-state index contributed by atoms with van der Waals surface area (Å²) in [4.78, 5) is 0. The Labute approximate surface area is 74.9 Å². The highest BCUT2D eigenvalue weighted by Crippen LogP contribution is 2.09. The third-order valence-corrected chi connectivity index (χ3v) is 1.75. The molecule has 2 unspecified atom stereocenters. The topological polar surface area (TPSA) is 40.5 Å². The summed E-state index contributed by atoms with van der Waals surface area (Å²) >= 11 is 0. The number of aliphatic hydroxyl groups excluding tert-OH is 2. The average molecular weight is 172 g/mol. The van der Waals surface area contributed by atoms with Crippen molar-refractivity contribution in [1.82, 2.24) is 0 Å². The Kier molecular flexibility index (Phi) is 6.03. The number of hydrogen-bond donors (Lipinski definition) is 2. The van der Waals surface area contributed by atoms with Crippen molar-refractivity contribution in [1.29, 1.82) is 0 Å². The van der Waals surface area contributed by atoms with Crippen molar-refractivity contribution in [2.24, 2.45) is 0 Å². The summed E-state index contributed by atoms with van der Waals surface area (Å²) in [5.74, 6) is 0. The first-order valence-electron chi connectivity index (χ1n) is 4.53. The first-order chi connectivity index (χ1) is 5.52. The number of aliphatic hydroxyl groups is 2. The molecule has 0 radical (unpaired) electrons. The van der Waals surface area contributed by atoms with E-state index in [9.17, 15) is 5.11 Å². The summed E-state index contributed by atoms with van der Waals surface area (Å²) in [5.41, 5.74) is 1.15. The smallest absolute Gasteiger partial charge is 0.0564 e. The molecule has 72 valence electrons. The lowest BCUT2D eigenvalue weighted by Crippen LogP contribution is -2.14. The first kappa shape index (κ1) is 11.7. The van der Waals surface area contributed by atoms with Crippen LogP contribution in [-0.4, -0.2) is 22.4 Å². The summed E-state index contributed by atoms with van der Waals surface area (Å²) in [7, 11) is 0. The molecular weight excluding hydrogens is 152 g/mol. The lowest BCUT2D eigenvalue weighted by atomic mass is 10.0. The first-order valence-corrected chi connectivity index (χ1v) is 4.53. The number of allylic oxidation sites excluding steroid dienone is 1. The molecule has 0 saturated carbocycles. The van der Waals surface area contributed by atoms with Crippen molar-refractivity contribution >= 4 is 0 Å². The van der Waals surface area contributed by atoms with Gasteiger partial charge in [0.2, 0.25) is 0 Å². The molecule has 0 fully saturated rings. The summed E-state index contributed by atoms with van der Waals surface area (Å²) in [6, 6.07) is 0. The summed E-state index contributed by atoms with van der Waals surface area (Å²) in [5, 5.41) is 18.3. The van der Waals surface area contributed by atoms with Crippen LogP contribution in [0.5, 0.6) is 0 Å². The van der Waals surface area contributed by atoms with Gasteiger partial charge in [0.1, 0.15) is 0 Å².